The number of pyridine rings is 1. The number of amides is 4. The van der Waals surface area contributed by atoms with E-state index in [1.165, 1.54) is 32.3 Å². The van der Waals surface area contributed by atoms with Crippen LogP contribution in [-0.2, 0) is 22.6 Å². The number of barbiturate groups is 1. The lowest BCUT2D eigenvalue weighted by Crippen LogP contribution is -2.74. The van der Waals surface area contributed by atoms with E-state index in [0.717, 1.165) is 21.2 Å². The number of benzene rings is 1. The van der Waals surface area contributed by atoms with Gasteiger partial charge in [0.2, 0.25) is 11.8 Å². The number of hydrogen-bond acceptors (Lipinski definition) is 7. The number of fused-ring (bicyclic) bond motifs is 9. The number of hydrogen-bond donors (Lipinski definition) is 0. The fourth-order valence-electron chi connectivity index (χ4n) is 6.76. The third-order valence-corrected chi connectivity index (χ3v) is 8.17. The quantitative estimate of drug-likeness (QED) is 0.345. The Kier molecular flexibility index (Phi) is 4.30. The standard InChI is InChI=1S/C24H23N5O6/c1-25-21(31)24(22(32)26(2)23(25)33)10-14-9-15(29(34)35)6-7-17(14)28-12-13-8-16(20(24)28)18-4-3-5-19(30)27(18)11-13/h3-7,9,13,16,20H,8,10-12H2,1-2H3/t13?,16-,20-/m0/s1. The van der Waals surface area contributed by atoms with Crippen LogP contribution in [0.1, 0.15) is 23.6 Å². The van der Waals surface area contributed by atoms with Crippen LogP contribution < -0.4 is 10.5 Å². The molecule has 0 saturated carbocycles. The van der Waals surface area contributed by atoms with Crippen molar-refractivity contribution in [1.29, 1.82) is 0 Å². The molecule has 2 bridgehead atoms. The summed E-state index contributed by atoms with van der Waals surface area (Å²) in [5.74, 6) is -1.46. The van der Waals surface area contributed by atoms with E-state index in [0.29, 0.717) is 25.1 Å². The number of nitrogens with zero attached hydrogens (tertiary/aromatic N) is 5. The van der Waals surface area contributed by atoms with Gasteiger partial charge in [-0.05, 0) is 30.0 Å². The van der Waals surface area contributed by atoms with Crippen molar-refractivity contribution >= 4 is 29.2 Å². The van der Waals surface area contributed by atoms with Crippen LogP contribution in [0.15, 0.2) is 41.2 Å². The Morgan fingerprint density at radius 3 is 2.40 bits per heavy atom. The SMILES string of the molecule is CN1C(=O)N(C)C(=O)C2(Cc3cc([N+](=O)[O-])ccc3N3CC4C[C@@H](c5cccc(=O)n5C4)[C@H]32)C1=O. The van der Waals surface area contributed by atoms with Crippen molar-refractivity contribution in [2.24, 2.45) is 11.3 Å². The topological polar surface area (TPSA) is 126 Å². The normalized spacial score (nSPS) is 26.4. The van der Waals surface area contributed by atoms with Gasteiger partial charge in [-0.25, -0.2) is 4.79 Å². The third-order valence-electron chi connectivity index (χ3n) is 8.17. The predicted molar refractivity (Wildman–Crippen MR) is 123 cm³/mol. The van der Waals surface area contributed by atoms with Crippen LogP contribution in [-0.4, -0.2) is 63.8 Å². The highest BCUT2D eigenvalue weighted by molar-refractivity contribution is 6.20. The van der Waals surface area contributed by atoms with Gasteiger partial charge in [0.1, 0.15) is 0 Å². The minimum Gasteiger partial charge on any atom is -0.366 e. The summed E-state index contributed by atoms with van der Waals surface area (Å²) in [7, 11) is 2.71. The number of carbonyl (C=O) groups is 3. The fraction of sp³-hybridized carbons (Fsp3) is 0.417. The molecule has 11 nitrogen and oxygen atoms in total. The second kappa shape index (κ2) is 7.00. The molecule has 4 aliphatic rings. The molecular weight excluding hydrogens is 454 g/mol. The molecule has 35 heavy (non-hydrogen) atoms. The second-order valence-electron chi connectivity index (χ2n) is 9.93. The minimum absolute atomic E-state index is 0.0664. The van der Waals surface area contributed by atoms with Crippen molar-refractivity contribution < 1.29 is 19.3 Å². The first-order valence-corrected chi connectivity index (χ1v) is 11.5. The van der Waals surface area contributed by atoms with E-state index in [1.807, 2.05) is 11.0 Å². The molecule has 2 aromatic rings. The second-order valence-corrected chi connectivity index (χ2v) is 9.93. The summed E-state index contributed by atoms with van der Waals surface area (Å²) in [6.45, 7) is 1.00. The van der Waals surface area contributed by atoms with Crippen LogP contribution in [0.4, 0.5) is 16.2 Å². The van der Waals surface area contributed by atoms with Crippen molar-refractivity contribution in [1.82, 2.24) is 14.4 Å². The Bertz CT molecular complexity index is 1380. The van der Waals surface area contributed by atoms with E-state index in [2.05, 4.69) is 0 Å². The molecule has 0 N–H and O–H groups in total. The zero-order valence-corrected chi connectivity index (χ0v) is 19.2. The Morgan fingerprint density at radius 2 is 1.71 bits per heavy atom. The molecule has 2 fully saturated rings. The van der Waals surface area contributed by atoms with Gasteiger partial charge < -0.3 is 9.47 Å². The predicted octanol–water partition coefficient (Wildman–Crippen LogP) is 1.34. The largest absolute Gasteiger partial charge is 0.366 e. The van der Waals surface area contributed by atoms with Crippen LogP contribution in [0.25, 0.3) is 0 Å². The first-order chi connectivity index (χ1) is 16.6. The molecule has 4 aliphatic heterocycles. The van der Waals surface area contributed by atoms with Crippen molar-refractivity contribution in [3.8, 4) is 0 Å². The van der Waals surface area contributed by atoms with Crippen LogP contribution in [0.5, 0.6) is 0 Å². The van der Waals surface area contributed by atoms with E-state index in [4.69, 9.17) is 0 Å². The summed E-state index contributed by atoms with van der Waals surface area (Å²) >= 11 is 0. The first-order valence-electron chi connectivity index (χ1n) is 11.5. The molecule has 4 amide bonds. The van der Waals surface area contributed by atoms with E-state index < -0.39 is 34.2 Å². The summed E-state index contributed by atoms with van der Waals surface area (Å²) in [6.07, 6.45) is 0.625. The zero-order valence-electron chi connectivity index (χ0n) is 19.2. The van der Waals surface area contributed by atoms with Crippen molar-refractivity contribution in [3.63, 3.8) is 0 Å². The lowest BCUT2D eigenvalue weighted by atomic mass is 9.60. The summed E-state index contributed by atoms with van der Waals surface area (Å²) in [6, 6.07) is 8.23. The van der Waals surface area contributed by atoms with Gasteiger partial charge in [-0.1, -0.05) is 6.07 Å². The maximum Gasteiger partial charge on any atom is 0.332 e. The van der Waals surface area contributed by atoms with Crippen molar-refractivity contribution in [3.05, 3.63) is 68.1 Å². The summed E-state index contributed by atoms with van der Waals surface area (Å²) in [4.78, 5) is 68.1. The Hall–Kier alpha value is -4.02. The highest BCUT2D eigenvalue weighted by atomic mass is 16.6. The van der Waals surface area contributed by atoms with Gasteiger partial charge in [0.05, 0.1) is 11.0 Å². The van der Waals surface area contributed by atoms with E-state index in [9.17, 15) is 29.3 Å². The maximum atomic E-state index is 13.9. The summed E-state index contributed by atoms with van der Waals surface area (Å²) < 4.78 is 1.73. The number of urea groups is 1. The van der Waals surface area contributed by atoms with Crippen molar-refractivity contribution in [2.75, 3.05) is 25.5 Å². The Morgan fingerprint density at radius 1 is 1.00 bits per heavy atom. The number of nitro groups is 1. The van der Waals surface area contributed by atoms with Gasteiger partial charge >= 0.3 is 6.03 Å². The molecule has 0 radical (unpaired) electrons. The van der Waals surface area contributed by atoms with Crippen LogP contribution in [0.2, 0.25) is 0 Å². The van der Waals surface area contributed by atoms with E-state index in [-0.39, 0.29) is 29.5 Å². The summed E-state index contributed by atoms with van der Waals surface area (Å²) in [5, 5.41) is 11.5. The van der Waals surface area contributed by atoms with Gasteiger partial charge in [-0.15, -0.1) is 0 Å². The first kappa shape index (κ1) is 21.5. The van der Waals surface area contributed by atoms with Gasteiger partial charge in [-0.3, -0.25) is 34.3 Å². The average molecular weight is 477 g/mol. The number of rotatable bonds is 1. The molecule has 1 unspecified atom stereocenters. The molecule has 2 saturated heterocycles. The summed E-state index contributed by atoms with van der Waals surface area (Å²) in [5.41, 5.74) is 0.117. The smallest absolute Gasteiger partial charge is 0.332 e. The number of piperidine rings is 1. The molecule has 0 aliphatic carbocycles. The van der Waals surface area contributed by atoms with Gasteiger partial charge in [0.15, 0.2) is 5.41 Å². The Balaban J connectivity index is 1.63. The van der Waals surface area contributed by atoms with Gasteiger partial charge in [0, 0.05) is 69.1 Å². The highest BCUT2D eigenvalue weighted by Crippen LogP contribution is 2.55. The maximum absolute atomic E-state index is 13.9. The molecule has 180 valence electrons. The highest BCUT2D eigenvalue weighted by Gasteiger charge is 2.66. The fourth-order valence-corrected chi connectivity index (χ4v) is 6.76. The molecule has 1 spiro atoms. The van der Waals surface area contributed by atoms with E-state index >= 15 is 0 Å². The number of imide groups is 2. The zero-order chi connectivity index (χ0) is 24.8. The van der Waals surface area contributed by atoms with Crippen LogP contribution in [0, 0.1) is 21.4 Å². The van der Waals surface area contributed by atoms with Crippen molar-refractivity contribution in [2.45, 2.75) is 31.3 Å². The Labute approximate surface area is 199 Å². The molecule has 11 heteroatoms. The van der Waals surface area contributed by atoms with Crippen LogP contribution >= 0.6 is 0 Å². The third kappa shape index (κ3) is 2.66. The lowest BCUT2D eigenvalue weighted by molar-refractivity contribution is -0.384. The number of nitro benzene ring substituents is 1. The number of carbonyl (C=O) groups excluding carboxylic acids is 3. The molecular formula is C24H23N5O6. The molecule has 1 aromatic carbocycles. The molecule has 5 heterocycles. The van der Waals surface area contributed by atoms with Crippen LogP contribution in [0.3, 0.4) is 0 Å². The molecule has 6 rings (SSSR count). The van der Waals surface area contributed by atoms with E-state index in [1.54, 1.807) is 16.7 Å². The lowest BCUT2D eigenvalue weighted by Gasteiger charge is -2.59. The monoisotopic (exact) mass is 477 g/mol. The number of aromatic nitrogens is 1. The molecule has 1 aromatic heterocycles. The van der Waals surface area contributed by atoms with Gasteiger partial charge in [-0.2, -0.15) is 0 Å². The number of anilines is 1. The minimum atomic E-state index is -1.66. The molecule has 3 atom stereocenters. The number of non-ortho nitro benzene ring substituents is 1. The van der Waals surface area contributed by atoms with Gasteiger partial charge in [0.25, 0.3) is 11.2 Å². The average Bonchev–Trinajstić information content (AvgIpc) is 2.85.